The van der Waals surface area contributed by atoms with Gasteiger partial charge in [0.25, 0.3) is 15.9 Å². The highest BCUT2D eigenvalue weighted by atomic mass is 32.2. The molecule has 4 aromatic carbocycles. The second-order valence-corrected chi connectivity index (χ2v) is 12.6. The van der Waals surface area contributed by atoms with Crippen LogP contribution in [0.1, 0.15) is 33.5 Å². The minimum Gasteiger partial charge on any atom is -0.493 e. The number of fused-ring (bicyclic) bond motifs is 1. The van der Waals surface area contributed by atoms with Gasteiger partial charge in [-0.3, -0.25) is 4.79 Å². The van der Waals surface area contributed by atoms with E-state index in [1.807, 2.05) is 51.1 Å². The molecule has 1 aliphatic rings. The van der Waals surface area contributed by atoms with Crippen LogP contribution in [0, 0.1) is 20.8 Å². The number of hydrogen-bond acceptors (Lipinski definition) is 8. The number of ether oxygens (including phenoxy) is 3. The van der Waals surface area contributed by atoms with Crippen LogP contribution in [0.25, 0.3) is 0 Å². The summed E-state index contributed by atoms with van der Waals surface area (Å²) in [6.45, 7) is 5.99. The number of para-hydroxylation sites is 2. The molecule has 0 radical (unpaired) electrons. The first kappa shape index (κ1) is 32.2. The number of anilines is 1. The molecular weight excluding hydrogens is 606 g/mol. The highest BCUT2D eigenvalue weighted by Crippen LogP contribution is 2.34. The number of amidine groups is 1. The highest BCUT2D eigenvalue weighted by molar-refractivity contribution is 7.90. The Balaban J connectivity index is 1.50. The molecule has 11 heteroatoms. The van der Waals surface area contributed by atoms with Crippen LogP contribution in [0.2, 0.25) is 0 Å². The Hall–Kier alpha value is -5.16. The third-order valence-corrected chi connectivity index (χ3v) is 9.27. The summed E-state index contributed by atoms with van der Waals surface area (Å²) in [5.74, 6) is -0.339. The number of sulfonamides is 1. The van der Waals surface area contributed by atoms with Crippen molar-refractivity contribution >= 4 is 39.1 Å². The van der Waals surface area contributed by atoms with Gasteiger partial charge in [0.15, 0.2) is 5.84 Å². The average Bonchev–Trinajstić information content (AvgIpc) is 3.04. The van der Waals surface area contributed by atoms with E-state index in [1.165, 1.54) is 37.4 Å². The maximum absolute atomic E-state index is 14.1. The number of esters is 1. The van der Waals surface area contributed by atoms with Gasteiger partial charge < -0.3 is 19.5 Å². The summed E-state index contributed by atoms with van der Waals surface area (Å²) in [6.07, 6.45) is -1.19. The molecule has 0 saturated carbocycles. The molecule has 0 aliphatic carbocycles. The number of benzene rings is 4. The molecule has 0 spiro atoms. The van der Waals surface area contributed by atoms with Gasteiger partial charge in [-0.1, -0.05) is 48.0 Å². The normalized spacial score (nSPS) is 14.0. The lowest BCUT2D eigenvalue weighted by molar-refractivity contribution is -0.120. The van der Waals surface area contributed by atoms with E-state index in [2.05, 4.69) is 10.3 Å². The first-order valence-corrected chi connectivity index (χ1v) is 16.1. The summed E-state index contributed by atoms with van der Waals surface area (Å²) < 4.78 is 46.2. The zero-order valence-electron chi connectivity index (χ0n) is 26.0. The summed E-state index contributed by atoms with van der Waals surface area (Å²) in [4.78, 5) is 30.7. The summed E-state index contributed by atoms with van der Waals surface area (Å²) in [7, 11) is -2.86. The lowest BCUT2D eigenvalue weighted by atomic mass is 10.1. The van der Waals surface area contributed by atoms with Crippen LogP contribution in [0.5, 0.6) is 11.5 Å². The van der Waals surface area contributed by atoms with E-state index in [-0.39, 0.29) is 40.9 Å². The third-order valence-electron chi connectivity index (χ3n) is 7.42. The van der Waals surface area contributed by atoms with Crippen molar-refractivity contribution in [2.75, 3.05) is 25.6 Å². The molecule has 1 aliphatic heterocycles. The molecule has 1 amide bonds. The lowest BCUT2D eigenvalue weighted by Crippen LogP contribution is -2.52. The smallest absolute Gasteiger partial charge is 0.337 e. The molecule has 238 valence electrons. The second-order valence-electron chi connectivity index (χ2n) is 10.8. The van der Waals surface area contributed by atoms with Gasteiger partial charge in [0.1, 0.15) is 16.4 Å². The summed E-state index contributed by atoms with van der Waals surface area (Å²) in [5.41, 5.74) is 3.91. The van der Waals surface area contributed by atoms with Crippen molar-refractivity contribution < 1.29 is 32.2 Å². The predicted octanol–water partition coefficient (Wildman–Crippen LogP) is 5.99. The van der Waals surface area contributed by atoms with Gasteiger partial charge in [-0.15, -0.1) is 0 Å². The number of aliphatic imine (C=N–C) groups is 1. The van der Waals surface area contributed by atoms with Crippen molar-refractivity contribution in [3.05, 3.63) is 113 Å². The Morgan fingerprint density at radius 1 is 0.891 bits per heavy atom. The van der Waals surface area contributed by atoms with Crippen LogP contribution >= 0.6 is 0 Å². The molecule has 10 nitrogen and oxygen atoms in total. The minimum atomic E-state index is -4.14. The number of hydrogen-bond donors (Lipinski definition) is 1. The number of carbonyl (C=O) groups is 2. The maximum Gasteiger partial charge on any atom is 0.337 e. The maximum atomic E-state index is 14.1. The fourth-order valence-corrected chi connectivity index (χ4v) is 6.64. The molecule has 1 heterocycles. The molecule has 1 N–H and O–H groups in total. The Kier molecular flexibility index (Phi) is 9.72. The van der Waals surface area contributed by atoms with Crippen LogP contribution in [-0.2, 0) is 19.6 Å². The molecule has 0 fully saturated rings. The molecule has 0 aromatic heterocycles. The van der Waals surface area contributed by atoms with E-state index in [1.54, 1.807) is 30.3 Å². The van der Waals surface area contributed by atoms with Gasteiger partial charge in [-0.25, -0.2) is 22.5 Å². The van der Waals surface area contributed by atoms with Gasteiger partial charge in [0.2, 0.25) is 6.10 Å². The van der Waals surface area contributed by atoms with Gasteiger partial charge in [0, 0.05) is 18.7 Å². The fraction of sp³-hybridized carbons (Fsp3) is 0.229. The van der Waals surface area contributed by atoms with Gasteiger partial charge in [-0.05, 0) is 80.4 Å². The van der Waals surface area contributed by atoms with Crippen LogP contribution in [0.15, 0.2) is 101 Å². The molecule has 46 heavy (non-hydrogen) atoms. The number of rotatable bonds is 11. The quantitative estimate of drug-likeness (QED) is 0.158. The molecular formula is C35H35N3O7S. The van der Waals surface area contributed by atoms with Crippen molar-refractivity contribution in [1.82, 2.24) is 4.31 Å². The first-order chi connectivity index (χ1) is 22.1. The van der Waals surface area contributed by atoms with Crippen LogP contribution in [-0.4, -0.2) is 56.8 Å². The molecule has 0 bridgehead atoms. The largest absolute Gasteiger partial charge is 0.493 e. The molecule has 1 atom stereocenters. The van der Waals surface area contributed by atoms with E-state index in [4.69, 9.17) is 14.2 Å². The molecule has 0 saturated heterocycles. The number of nitrogens with one attached hydrogen (secondary N) is 1. The highest BCUT2D eigenvalue weighted by Gasteiger charge is 2.41. The predicted molar refractivity (Wildman–Crippen MR) is 175 cm³/mol. The Morgan fingerprint density at radius 2 is 1.61 bits per heavy atom. The van der Waals surface area contributed by atoms with E-state index in [0.29, 0.717) is 17.9 Å². The lowest BCUT2D eigenvalue weighted by Gasteiger charge is -2.33. The summed E-state index contributed by atoms with van der Waals surface area (Å²) >= 11 is 0. The van der Waals surface area contributed by atoms with Crippen molar-refractivity contribution in [1.29, 1.82) is 0 Å². The van der Waals surface area contributed by atoms with Crippen LogP contribution in [0.4, 0.5) is 11.4 Å². The zero-order chi connectivity index (χ0) is 32.8. The van der Waals surface area contributed by atoms with Gasteiger partial charge in [0.05, 0.1) is 25.0 Å². The number of aryl methyl sites for hydroxylation is 3. The minimum absolute atomic E-state index is 0.0227. The standard InChI is InChI=1S/C35H35N3O7S/c1-23-14-19-30(25(3)22-23)44-21-9-20-38-33(36-29-12-7-8-13-31(29)46(38,41)42)32(34(39)37-28-11-6-5-10-24(28)2)45-27-17-15-26(16-18-27)35(40)43-4/h5-8,10-19,22,32H,9,20-21H2,1-4H3,(H,37,39). The number of amides is 1. The van der Waals surface area contributed by atoms with Crippen molar-refractivity contribution in [2.45, 2.75) is 38.2 Å². The van der Waals surface area contributed by atoms with E-state index >= 15 is 0 Å². The third kappa shape index (κ3) is 7.05. The van der Waals surface area contributed by atoms with E-state index in [0.717, 1.165) is 21.0 Å². The van der Waals surface area contributed by atoms with E-state index in [9.17, 15) is 18.0 Å². The number of carbonyl (C=O) groups excluding carboxylic acids is 2. The monoisotopic (exact) mass is 641 g/mol. The Bertz CT molecular complexity index is 1890. The first-order valence-electron chi connectivity index (χ1n) is 14.7. The number of nitrogens with zero attached hydrogens (tertiary/aromatic N) is 2. The fourth-order valence-electron chi connectivity index (χ4n) is 5.02. The second kappa shape index (κ2) is 13.9. The van der Waals surface area contributed by atoms with Crippen LogP contribution in [0.3, 0.4) is 0 Å². The molecule has 1 unspecified atom stereocenters. The number of methoxy groups -OCH3 is 1. The van der Waals surface area contributed by atoms with Crippen molar-refractivity contribution in [3.63, 3.8) is 0 Å². The molecule has 5 rings (SSSR count). The Morgan fingerprint density at radius 3 is 2.33 bits per heavy atom. The van der Waals surface area contributed by atoms with Crippen LogP contribution < -0.4 is 14.8 Å². The van der Waals surface area contributed by atoms with E-state index < -0.39 is 28.0 Å². The molecule has 4 aromatic rings. The zero-order valence-corrected chi connectivity index (χ0v) is 26.8. The Labute approximate surface area is 268 Å². The van der Waals surface area contributed by atoms with Crippen molar-refractivity contribution in [3.8, 4) is 11.5 Å². The van der Waals surface area contributed by atoms with Gasteiger partial charge >= 0.3 is 5.97 Å². The SMILES string of the molecule is COC(=O)c1ccc(OC(C(=O)Nc2ccccc2C)C2=Nc3ccccc3S(=O)(=O)N2CCCOc2ccc(C)cc2C)cc1. The summed E-state index contributed by atoms with van der Waals surface area (Å²) in [5, 5.41) is 2.87. The topological polar surface area (TPSA) is 124 Å². The average molecular weight is 642 g/mol. The van der Waals surface area contributed by atoms with Gasteiger partial charge in [-0.2, -0.15) is 0 Å². The van der Waals surface area contributed by atoms with Crippen molar-refractivity contribution in [2.24, 2.45) is 4.99 Å². The summed E-state index contributed by atoms with van der Waals surface area (Å²) in [6, 6.07) is 25.4.